The summed E-state index contributed by atoms with van der Waals surface area (Å²) in [4.78, 5) is 0. The molecule has 70 valence electrons. The van der Waals surface area contributed by atoms with Crippen LogP contribution in [-0.4, -0.2) is 11.7 Å². The van der Waals surface area contributed by atoms with Crippen LogP contribution < -0.4 is 0 Å². The second-order valence-electron chi connectivity index (χ2n) is 3.29. The highest BCUT2D eigenvalue weighted by molar-refractivity contribution is 5.29. The molecule has 0 aliphatic rings. The summed E-state index contributed by atoms with van der Waals surface area (Å²) >= 11 is 0. The van der Waals surface area contributed by atoms with Gasteiger partial charge in [0, 0.05) is 5.41 Å². The molecule has 1 rings (SSSR count). The number of hydrogen-bond donors (Lipinski definition) is 1. The van der Waals surface area contributed by atoms with E-state index >= 15 is 0 Å². The first kappa shape index (κ1) is 9.93. The van der Waals surface area contributed by atoms with Gasteiger partial charge < -0.3 is 5.11 Å². The first-order chi connectivity index (χ1) is 6.12. The van der Waals surface area contributed by atoms with Crippen LogP contribution in [0, 0.1) is 5.82 Å². The number of halogens is 1. The Morgan fingerprint density at radius 2 is 2.00 bits per heavy atom. The number of hydrogen-bond acceptors (Lipinski definition) is 1. The third-order valence-corrected chi connectivity index (χ3v) is 2.28. The molecule has 1 atom stereocenters. The van der Waals surface area contributed by atoms with Crippen molar-refractivity contribution in [2.24, 2.45) is 0 Å². The molecule has 1 aromatic rings. The van der Waals surface area contributed by atoms with E-state index in [2.05, 4.69) is 6.58 Å². The molecule has 0 bridgehead atoms. The molecule has 13 heavy (non-hydrogen) atoms. The Hall–Kier alpha value is -1.15. The van der Waals surface area contributed by atoms with E-state index in [0.717, 1.165) is 5.56 Å². The van der Waals surface area contributed by atoms with E-state index in [0.29, 0.717) is 0 Å². The van der Waals surface area contributed by atoms with Crippen molar-refractivity contribution in [3.8, 4) is 0 Å². The van der Waals surface area contributed by atoms with Gasteiger partial charge in [-0.3, -0.25) is 0 Å². The summed E-state index contributed by atoms with van der Waals surface area (Å²) in [5, 5.41) is 9.14. The van der Waals surface area contributed by atoms with Crippen LogP contribution in [0.3, 0.4) is 0 Å². The average molecular weight is 180 g/mol. The van der Waals surface area contributed by atoms with Crippen molar-refractivity contribution in [1.82, 2.24) is 0 Å². The molecular formula is C11H13FO. The Morgan fingerprint density at radius 3 is 2.38 bits per heavy atom. The molecule has 0 radical (unpaired) electrons. The largest absolute Gasteiger partial charge is 0.395 e. The predicted octanol–water partition coefficient (Wildman–Crippen LogP) is 2.26. The van der Waals surface area contributed by atoms with Crippen LogP contribution in [0.2, 0.25) is 0 Å². The molecule has 0 saturated heterocycles. The average Bonchev–Trinajstić information content (AvgIpc) is 2.18. The monoisotopic (exact) mass is 180 g/mol. The van der Waals surface area contributed by atoms with Crippen molar-refractivity contribution in [3.63, 3.8) is 0 Å². The molecule has 0 aliphatic carbocycles. The van der Waals surface area contributed by atoms with Crippen molar-refractivity contribution < 1.29 is 9.50 Å². The third kappa shape index (κ3) is 1.95. The zero-order valence-electron chi connectivity index (χ0n) is 7.63. The van der Waals surface area contributed by atoms with Gasteiger partial charge >= 0.3 is 0 Å². The van der Waals surface area contributed by atoms with Gasteiger partial charge in [-0.25, -0.2) is 4.39 Å². The highest BCUT2D eigenvalue weighted by atomic mass is 19.1. The lowest BCUT2D eigenvalue weighted by Gasteiger charge is -2.23. The summed E-state index contributed by atoms with van der Waals surface area (Å²) in [7, 11) is 0. The predicted molar refractivity (Wildman–Crippen MR) is 51.0 cm³/mol. The lowest BCUT2D eigenvalue weighted by molar-refractivity contribution is 0.236. The van der Waals surface area contributed by atoms with Gasteiger partial charge in [0.05, 0.1) is 6.61 Å². The molecule has 0 amide bonds. The van der Waals surface area contributed by atoms with E-state index in [9.17, 15) is 4.39 Å². The molecule has 0 spiro atoms. The topological polar surface area (TPSA) is 20.2 Å². The molecule has 1 nitrogen and oxygen atoms in total. The number of aliphatic hydroxyl groups is 1. The van der Waals surface area contributed by atoms with E-state index in [1.54, 1.807) is 18.2 Å². The van der Waals surface area contributed by atoms with Gasteiger partial charge in [-0.2, -0.15) is 0 Å². The van der Waals surface area contributed by atoms with Crippen molar-refractivity contribution >= 4 is 0 Å². The highest BCUT2D eigenvalue weighted by Gasteiger charge is 2.21. The Morgan fingerprint density at radius 1 is 1.46 bits per heavy atom. The standard InChI is InChI=1S/C11H13FO/c1-3-11(2,8-13)9-4-6-10(12)7-5-9/h3-7,13H,1,8H2,2H3. The van der Waals surface area contributed by atoms with Gasteiger partial charge in [0.2, 0.25) is 0 Å². The summed E-state index contributed by atoms with van der Waals surface area (Å²) in [5.41, 5.74) is 0.389. The summed E-state index contributed by atoms with van der Waals surface area (Å²) in [6, 6.07) is 6.08. The Balaban J connectivity index is 3.06. The fourth-order valence-corrected chi connectivity index (χ4v) is 1.10. The molecule has 0 aliphatic heterocycles. The van der Waals surface area contributed by atoms with Crippen LogP contribution in [0.4, 0.5) is 4.39 Å². The van der Waals surface area contributed by atoms with Gasteiger partial charge in [-0.05, 0) is 24.6 Å². The minimum absolute atomic E-state index is 0.0257. The van der Waals surface area contributed by atoms with Gasteiger partial charge in [-0.15, -0.1) is 6.58 Å². The van der Waals surface area contributed by atoms with Gasteiger partial charge in [0.15, 0.2) is 0 Å². The third-order valence-electron chi connectivity index (χ3n) is 2.28. The SMILES string of the molecule is C=CC(C)(CO)c1ccc(F)cc1. The lowest BCUT2D eigenvalue weighted by Crippen LogP contribution is -2.23. The second-order valence-corrected chi connectivity index (χ2v) is 3.29. The maximum absolute atomic E-state index is 12.6. The Bertz CT molecular complexity index is 291. The number of benzene rings is 1. The molecule has 0 saturated carbocycles. The van der Waals surface area contributed by atoms with E-state index < -0.39 is 5.41 Å². The Labute approximate surface area is 77.5 Å². The van der Waals surface area contributed by atoms with E-state index in [1.807, 2.05) is 6.92 Å². The molecule has 1 aromatic carbocycles. The smallest absolute Gasteiger partial charge is 0.123 e. The van der Waals surface area contributed by atoms with Crippen LogP contribution >= 0.6 is 0 Å². The summed E-state index contributed by atoms with van der Waals surface area (Å²) < 4.78 is 12.6. The first-order valence-electron chi connectivity index (χ1n) is 4.13. The number of rotatable bonds is 3. The maximum Gasteiger partial charge on any atom is 0.123 e. The molecule has 2 heteroatoms. The second kappa shape index (κ2) is 3.71. The number of aliphatic hydroxyl groups excluding tert-OH is 1. The molecule has 0 aromatic heterocycles. The summed E-state index contributed by atoms with van der Waals surface area (Å²) in [6.45, 7) is 5.48. The van der Waals surface area contributed by atoms with Crippen molar-refractivity contribution in [2.75, 3.05) is 6.61 Å². The zero-order chi connectivity index (χ0) is 9.90. The van der Waals surface area contributed by atoms with Crippen molar-refractivity contribution in [1.29, 1.82) is 0 Å². The minimum Gasteiger partial charge on any atom is -0.395 e. The molecular weight excluding hydrogens is 167 g/mol. The van der Waals surface area contributed by atoms with E-state index in [-0.39, 0.29) is 12.4 Å². The van der Waals surface area contributed by atoms with Crippen molar-refractivity contribution in [3.05, 3.63) is 48.3 Å². The summed E-state index contributed by atoms with van der Waals surface area (Å²) in [6.07, 6.45) is 1.67. The van der Waals surface area contributed by atoms with Crippen molar-refractivity contribution in [2.45, 2.75) is 12.3 Å². The van der Waals surface area contributed by atoms with Crippen LogP contribution in [0.25, 0.3) is 0 Å². The van der Waals surface area contributed by atoms with Crippen LogP contribution in [-0.2, 0) is 5.41 Å². The van der Waals surface area contributed by atoms with Crippen LogP contribution in [0.15, 0.2) is 36.9 Å². The minimum atomic E-state index is -0.478. The first-order valence-corrected chi connectivity index (χ1v) is 4.13. The van der Waals surface area contributed by atoms with E-state index in [4.69, 9.17) is 5.11 Å². The normalized spacial score (nSPS) is 15.0. The zero-order valence-corrected chi connectivity index (χ0v) is 7.63. The van der Waals surface area contributed by atoms with Gasteiger partial charge in [0.1, 0.15) is 5.82 Å². The molecule has 0 fully saturated rings. The van der Waals surface area contributed by atoms with Gasteiger partial charge in [0.25, 0.3) is 0 Å². The van der Waals surface area contributed by atoms with Crippen LogP contribution in [0.5, 0.6) is 0 Å². The molecule has 0 heterocycles. The van der Waals surface area contributed by atoms with Gasteiger partial charge in [-0.1, -0.05) is 18.2 Å². The van der Waals surface area contributed by atoms with E-state index in [1.165, 1.54) is 12.1 Å². The Kier molecular flexibility index (Phi) is 2.83. The van der Waals surface area contributed by atoms with Crippen LogP contribution in [0.1, 0.15) is 12.5 Å². The quantitative estimate of drug-likeness (QED) is 0.707. The fraction of sp³-hybridized carbons (Fsp3) is 0.273. The molecule has 1 N–H and O–H groups in total. The highest BCUT2D eigenvalue weighted by Crippen LogP contribution is 2.24. The summed E-state index contributed by atoms with van der Waals surface area (Å²) in [5.74, 6) is -0.270. The molecule has 1 unspecified atom stereocenters. The maximum atomic E-state index is 12.6. The lowest BCUT2D eigenvalue weighted by atomic mass is 9.84. The fourth-order valence-electron chi connectivity index (χ4n) is 1.10.